The smallest absolute Gasteiger partial charge is 0.306 e. The highest BCUT2D eigenvalue weighted by atomic mass is 16.6. The van der Waals surface area contributed by atoms with Crippen molar-refractivity contribution in [3.05, 3.63) is 85.1 Å². The average Bonchev–Trinajstić information content (AvgIpc) is 3.27. The summed E-state index contributed by atoms with van der Waals surface area (Å²) in [4.78, 5) is 37.9. The van der Waals surface area contributed by atoms with Gasteiger partial charge in [-0.3, -0.25) is 14.4 Å². The van der Waals surface area contributed by atoms with Crippen molar-refractivity contribution in [2.24, 2.45) is 0 Å². The summed E-state index contributed by atoms with van der Waals surface area (Å²) in [6.07, 6.45) is 64.2. The summed E-state index contributed by atoms with van der Waals surface area (Å²) >= 11 is 0. The molecule has 354 valence electrons. The quantitative estimate of drug-likeness (QED) is 0.0263. The first-order valence-corrected chi connectivity index (χ1v) is 25.6. The molecular weight excluding hydrogens is 769 g/mol. The van der Waals surface area contributed by atoms with E-state index in [0.717, 1.165) is 116 Å². The van der Waals surface area contributed by atoms with Gasteiger partial charge in [-0.25, -0.2) is 0 Å². The minimum absolute atomic E-state index is 0.0979. The zero-order valence-corrected chi connectivity index (χ0v) is 40.4. The third-order valence-electron chi connectivity index (χ3n) is 10.6. The number of carbonyl (C=O) groups excluding carboxylic acids is 3. The minimum atomic E-state index is -0.800. The number of allylic oxidation sites excluding steroid dienone is 14. The highest BCUT2D eigenvalue weighted by Crippen LogP contribution is 2.13. The van der Waals surface area contributed by atoms with Crippen molar-refractivity contribution in [1.82, 2.24) is 0 Å². The lowest BCUT2D eigenvalue weighted by molar-refractivity contribution is -0.167. The maximum atomic E-state index is 12.8. The molecule has 6 heteroatoms. The molecule has 0 amide bonds. The van der Waals surface area contributed by atoms with Gasteiger partial charge in [-0.05, 0) is 116 Å². The summed E-state index contributed by atoms with van der Waals surface area (Å²) in [5.41, 5.74) is 0. The molecule has 0 bridgehead atoms. The normalized spacial score (nSPS) is 12.8. The Bertz CT molecular complexity index is 1220. The lowest BCUT2D eigenvalue weighted by atomic mass is 10.1. The van der Waals surface area contributed by atoms with Crippen molar-refractivity contribution in [2.75, 3.05) is 13.2 Å². The molecule has 62 heavy (non-hydrogen) atoms. The van der Waals surface area contributed by atoms with Gasteiger partial charge in [0.25, 0.3) is 0 Å². The van der Waals surface area contributed by atoms with Crippen molar-refractivity contribution in [3.8, 4) is 0 Å². The van der Waals surface area contributed by atoms with Crippen LogP contribution in [0.15, 0.2) is 85.1 Å². The van der Waals surface area contributed by atoms with Crippen molar-refractivity contribution in [2.45, 2.75) is 239 Å². The molecule has 1 unspecified atom stereocenters. The third kappa shape index (κ3) is 47.6. The summed E-state index contributed by atoms with van der Waals surface area (Å²) in [7, 11) is 0. The molecule has 0 aromatic carbocycles. The number of hydrogen-bond donors (Lipinski definition) is 0. The molecule has 0 heterocycles. The highest BCUT2D eigenvalue weighted by molar-refractivity contribution is 5.71. The lowest BCUT2D eigenvalue weighted by Gasteiger charge is -2.18. The van der Waals surface area contributed by atoms with E-state index in [-0.39, 0.29) is 37.5 Å². The number of esters is 3. The highest BCUT2D eigenvalue weighted by Gasteiger charge is 2.19. The first kappa shape index (κ1) is 58.6. The van der Waals surface area contributed by atoms with Gasteiger partial charge >= 0.3 is 17.9 Å². The average molecular weight is 863 g/mol. The summed E-state index contributed by atoms with van der Waals surface area (Å²) < 4.78 is 16.7. The van der Waals surface area contributed by atoms with E-state index in [0.29, 0.717) is 12.8 Å². The van der Waals surface area contributed by atoms with E-state index >= 15 is 0 Å². The van der Waals surface area contributed by atoms with Crippen molar-refractivity contribution in [1.29, 1.82) is 0 Å². The van der Waals surface area contributed by atoms with Crippen LogP contribution in [0.25, 0.3) is 0 Å². The standard InChI is InChI=1S/C56H94O6/c1-4-7-10-13-16-19-22-25-26-27-28-29-30-32-34-37-40-43-46-49-55(58)61-52-53(51-60-54(57)48-45-42-39-36-33-24-21-18-15-12-9-6-3)62-56(59)50-47-44-41-38-35-31-23-20-17-14-11-8-5-2/h8,11,16-21,25-26,28-29,31,35,53H,4-7,9-10,12-15,22-24,27,30,32-34,36-52H2,1-3H3/b11-8-,19-16-,20-17-,21-18-,26-25-,29-28-,35-31-. The molecule has 0 aromatic rings. The van der Waals surface area contributed by atoms with Crippen LogP contribution >= 0.6 is 0 Å². The van der Waals surface area contributed by atoms with Crippen LogP contribution in [-0.4, -0.2) is 37.2 Å². The zero-order chi connectivity index (χ0) is 45.1. The summed E-state index contributed by atoms with van der Waals surface area (Å²) in [6, 6.07) is 0. The molecular formula is C56H94O6. The second-order valence-electron chi connectivity index (χ2n) is 16.7. The van der Waals surface area contributed by atoms with E-state index in [1.165, 1.54) is 77.0 Å². The van der Waals surface area contributed by atoms with Crippen molar-refractivity contribution >= 4 is 17.9 Å². The Morgan fingerprint density at radius 1 is 0.339 bits per heavy atom. The number of carbonyl (C=O) groups is 3. The SMILES string of the molecule is CC/C=C\C/C=C\C/C=C\CCCCCC(=O)OC(COC(=O)CCCCCCC/C=C\CCCCC)COC(=O)CCCCCCCC/C=C\C/C=C\C/C=C\CCCCC. The Morgan fingerprint density at radius 3 is 1.02 bits per heavy atom. The Hall–Kier alpha value is -3.41. The number of ether oxygens (including phenoxy) is 3. The first-order chi connectivity index (χ1) is 30.5. The predicted octanol–water partition coefficient (Wildman–Crippen LogP) is 16.8. The third-order valence-corrected chi connectivity index (χ3v) is 10.6. The number of rotatable bonds is 45. The Morgan fingerprint density at radius 2 is 0.629 bits per heavy atom. The van der Waals surface area contributed by atoms with Gasteiger partial charge in [-0.15, -0.1) is 0 Å². The van der Waals surface area contributed by atoms with E-state index in [9.17, 15) is 14.4 Å². The van der Waals surface area contributed by atoms with Crippen molar-refractivity contribution in [3.63, 3.8) is 0 Å². The van der Waals surface area contributed by atoms with Crippen LogP contribution in [0.5, 0.6) is 0 Å². The van der Waals surface area contributed by atoms with E-state index in [1.807, 2.05) is 0 Å². The summed E-state index contributed by atoms with van der Waals surface area (Å²) in [5.74, 6) is -0.952. The van der Waals surface area contributed by atoms with Crippen LogP contribution in [0.3, 0.4) is 0 Å². The summed E-state index contributed by atoms with van der Waals surface area (Å²) in [5, 5.41) is 0. The van der Waals surface area contributed by atoms with Gasteiger partial charge in [-0.1, -0.05) is 183 Å². The van der Waals surface area contributed by atoms with E-state index in [4.69, 9.17) is 14.2 Å². The van der Waals surface area contributed by atoms with E-state index < -0.39 is 6.10 Å². The van der Waals surface area contributed by atoms with Crippen LogP contribution in [0.1, 0.15) is 233 Å². The zero-order valence-electron chi connectivity index (χ0n) is 40.4. The topological polar surface area (TPSA) is 78.9 Å². The fourth-order valence-electron chi connectivity index (χ4n) is 6.75. The van der Waals surface area contributed by atoms with E-state index in [1.54, 1.807) is 0 Å². The predicted molar refractivity (Wildman–Crippen MR) is 265 cm³/mol. The minimum Gasteiger partial charge on any atom is -0.462 e. The van der Waals surface area contributed by atoms with E-state index in [2.05, 4.69) is 106 Å². The lowest BCUT2D eigenvalue weighted by Crippen LogP contribution is -2.30. The second kappa shape index (κ2) is 50.2. The van der Waals surface area contributed by atoms with Gasteiger partial charge in [0.15, 0.2) is 6.10 Å². The van der Waals surface area contributed by atoms with Gasteiger partial charge in [0.1, 0.15) is 13.2 Å². The second-order valence-corrected chi connectivity index (χ2v) is 16.7. The summed E-state index contributed by atoms with van der Waals surface area (Å²) in [6.45, 7) is 6.42. The van der Waals surface area contributed by atoms with Crippen LogP contribution < -0.4 is 0 Å². The molecule has 0 aromatic heterocycles. The number of hydrogen-bond acceptors (Lipinski definition) is 6. The fourth-order valence-corrected chi connectivity index (χ4v) is 6.75. The Kier molecular flexibility index (Phi) is 47.5. The van der Waals surface area contributed by atoms with Gasteiger partial charge in [0.2, 0.25) is 0 Å². The van der Waals surface area contributed by atoms with Crippen LogP contribution in [0, 0.1) is 0 Å². The first-order valence-electron chi connectivity index (χ1n) is 25.6. The molecule has 0 radical (unpaired) electrons. The van der Waals surface area contributed by atoms with Gasteiger partial charge in [0, 0.05) is 19.3 Å². The molecule has 0 aliphatic rings. The molecule has 0 saturated carbocycles. The maximum Gasteiger partial charge on any atom is 0.306 e. The van der Waals surface area contributed by atoms with Gasteiger partial charge < -0.3 is 14.2 Å². The fraction of sp³-hybridized carbons (Fsp3) is 0.696. The molecule has 6 nitrogen and oxygen atoms in total. The molecule has 0 spiro atoms. The van der Waals surface area contributed by atoms with Crippen LogP contribution in [0.2, 0.25) is 0 Å². The molecule has 1 atom stereocenters. The molecule has 0 rings (SSSR count). The Labute approximate surface area is 382 Å². The molecule has 0 aliphatic carbocycles. The van der Waals surface area contributed by atoms with Crippen LogP contribution in [-0.2, 0) is 28.6 Å². The van der Waals surface area contributed by atoms with Crippen LogP contribution in [0.4, 0.5) is 0 Å². The maximum absolute atomic E-state index is 12.8. The molecule has 0 saturated heterocycles. The molecule has 0 aliphatic heterocycles. The van der Waals surface area contributed by atoms with Gasteiger partial charge in [-0.2, -0.15) is 0 Å². The largest absolute Gasteiger partial charge is 0.462 e. The van der Waals surface area contributed by atoms with Crippen molar-refractivity contribution < 1.29 is 28.6 Å². The monoisotopic (exact) mass is 863 g/mol. The van der Waals surface area contributed by atoms with Gasteiger partial charge in [0.05, 0.1) is 0 Å². The molecule has 0 N–H and O–H groups in total. The number of unbranched alkanes of at least 4 members (excludes halogenated alkanes) is 20. The molecule has 0 fully saturated rings. The Balaban J connectivity index is 4.43.